The monoisotopic (exact) mass is 463 g/mol. The van der Waals surface area contributed by atoms with Crippen LogP contribution in [0.1, 0.15) is 37.1 Å². The minimum Gasteiger partial charge on any atom is -0.483 e. The van der Waals surface area contributed by atoms with Crippen molar-refractivity contribution >= 4 is 11.7 Å². The largest absolute Gasteiger partial charge is 0.483 e. The first-order valence-electron chi connectivity index (χ1n) is 11.0. The summed E-state index contributed by atoms with van der Waals surface area (Å²) in [4.78, 5) is 12.2. The van der Waals surface area contributed by atoms with Crippen LogP contribution in [0, 0.1) is 17.1 Å². The zero-order valence-electron chi connectivity index (χ0n) is 19.1. The molecule has 8 nitrogen and oxygen atoms in total. The Morgan fingerprint density at radius 2 is 2.09 bits per heavy atom. The number of nitrogen functional groups attached to an aromatic ring is 1. The predicted molar refractivity (Wildman–Crippen MR) is 124 cm³/mol. The molecule has 0 saturated carbocycles. The van der Waals surface area contributed by atoms with E-state index in [1.54, 1.807) is 6.07 Å². The van der Waals surface area contributed by atoms with Gasteiger partial charge in [0.2, 0.25) is 0 Å². The number of aryl methyl sites for hydroxylation is 1. The Bertz CT molecular complexity index is 1240. The standard InChI is InChI=1S/C25H26FN5O3/c1-25(2)13-16-5-3-7-21(23(16)34-25)33-15-22(32)29-12-4-6-20-19(14-27)24(28)31(30-20)18-10-8-17(26)9-11-18/h3,5,7-11H,4,6,12-13,15,28H2,1-2H3,(H,29,32). The molecular formula is C25H26FN5O3. The van der Waals surface area contributed by atoms with Crippen molar-refractivity contribution in [3.63, 3.8) is 0 Å². The lowest BCUT2D eigenvalue weighted by Crippen LogP contribution is -2.30. The van der Waals surface area contributed by atoms with Crippen molar-refractivity contribution in [2.24, 2.45) is 0 Å². The van der Waals surface area contributed by atoms with E-state index in [1.807, 2.05) is 26.0 Å². The number of fused-ring (bicyclic) bond motifs is 1. The molecule has 9 heteroatoms. The molecule has 0 saturated heterocycles. The first-order chi connectivity index (χ1) is 16.3. The quantitative estimate of drug-likeness (QED) is 0.495. The summed E-state index contributed by atoms with van der Waals surface area (Å²) in [6, 6.07) is 13.4. The maximum Gasteiger partial charge on any atom is 0.257 e. The van der Waals surface area contributed by atoms with Crippen molar-refractivity contribution < 1.29 is 18.7 Å². The van der Waals surface area contributed by atoms with Crippen LogP contribution in [0.25, 0.3) is 5.69 Å². The van der Waals surface area contributed by atoms with Crippen LogP contribution in [0.15, 0.2) is 42.5 Å². The van der Waals surface area contributed by atoms with Crippen molar-refractivity contribution in [1.82, 2.24) is 15.1 Å². The van der Waals surface area contributed by atoms with Gasteiger partial charge in [-0.2, -0.15) is 10.4 Å². The Kier molecular flexibility index (Phi) is 6.41. The summed E-state index contributed by atoms with van der Waals surface area (Å²) in [5.41, 5.74) is 8.21. The number of rotatable bonds is 8. The fourth-order valence-corrected chi connectivity index (χ4v) is 3.93. The number of para-hydroxylation sites is 1. The van der Waals surface area contributed by atoms with E-state index in [0.717, 1.165) is 12.0 Å². The Labute approximate surface area is 197 Å². The number of nitrogens with one attached hydrogen (secondary N) is 1. The fraction of sp³-hybridized carbons (Fsp3) is 0.320. The molecule has 0 bridgehead atoms. The number of carbonyl (C=O) groups is 1. The lowest BCUT2D eigenvalue weighted by Gasteiger charge is -2.18. The summed E-state index contributed by atoms with van der Waals surface area (Å²) in [6.45, 7) is 4.28. The van der Waals surface area contributed by atoms with Gasteiger partial charge in [-0.05, 0) is 57.0 Å². The molecule has 0 unspecified atom stereocenters. The Hall–Kier alpha value is -4.06. The van der Waals surface area contributed by atoms with E-state index in [-0.39, 0.29) is 35.3 Å². The number of carbonyl (C=O) groups excluding carboxylic acids is 1. The molecule has 3 N–H and O–H groups in total. The normalized spacial score (nSPS) is 13.6. The summed E-state index contributed by atoms with van der Waals surface area (Å²) in [5, 5.41) is 16.7. The molecule has 1 aliphatic heterocycles. The summed E-state index contributed by atoms with van der Waals surface area (Å²) in [5.74, 6) is 0.814. The maximum atomic E-state index is 13.2. The lowest BCUT2D eigenvalue weighted by atomic mass is 10.0. The van der Waals surface area contributed by atoms with Crippen LogP contribution in [0.3, 0.4) is 0 Å². The van der Waals surface area contributed by atoms with Crippen LogP contribution in [0.4, 0.5) is 10.2 Å². The van der Waals surface area contributed by atoms with E-state index in [2.05, 4.69) is 16.5 Å². The molecule has 1 amide bonds. The second kappa shape index (κ2) is 9.43. The van der Waals surface area contributed by atoms with Crippen LogP contribution in [0.2, 0.25) is 0 Å². The highest BCUT2D eigenvalue weighted by Crippen LogP contribution is 2.41. The average Bonchev–Trinajstić information content (AvgIpc) is 3.30. The molecule has 0 radical (unpaired) electrons. The van der Waals surface area contributed by atoms with E-state index in [9.17, 15) is 14.4 Å². The number of nitrogens with two attached hydrogens (primary N) is 1. The number of hydrogen-bond donors (Lipinski definition) is 2. The van der Waals surface area contributed by atoms with E-state index < -0.39 is 0 Å². The maximum absolute atomic E-state index is 13.2. The second-order valence-corrected chi connectivity index (χ2v) is 8.73. The van der Waals surface area contributed by atoms with E-state index >= 15 is 0 Å². The summed E-state index contributed by atoms with van der Waals surface area (Å²) in [6.07, 6.45) is 1.79. The van der Waals surface area contributed by atoms with Gasteiger partial charge in [0.05, 0.1) is 11.4 Å². The first kappa shape index (κ1) is 23.1. The number of hydrogen-bond acceptors (Lipinski definition) is 6. The predicted octanol–water partition coefficient (Wildman–Crippen LogP) is 3.31. The van der Waals surface area contributed by atoms with Gasteiger partial charge in [0.25, 0.3) is 5.91 Å². The zero-order chi connectivity index (χ0) is 24.3. The molecule has 34 heavy (non-hydrogen) atoms. The Morgan fingerprint density at radius 1 is 1.32 bits per heavy atom. The van der Waals surface area contributed by atoms with Gasteiger partial charge in [0.15, 0.2) is 18.1 Å². The van der Waals surface area contributed by atoms with Crippen LogP contribution in [-0.4, -0.2) is 34.4 Å². The molecule has 2 aromatic carbocycles. The van der Waals surface area contributed by atoms with Gasteiger partial charge in [-0.3, -0.25) is 4.79 Å². The number of ether oxygens (including phenoxy) is 2. The van der Waals surface area contributed by atoms with E-state index in [4.69, 9.17) is 15.2 Å². The molecule has 1 aromatic heterocycles. The highest BCUT2D eigenvalue weighted by molar-refractivity contribution is 5.77. The van der Waals surface area contributed by atoms with Crippen LogP contribution in [0.5, 0.6) is 11.5 Å². The minimum atomic E-state index is -0.372. The summed E-state index contributed by atoms with van der Waals surface area (Å²) >= 11 is 0. The number of nitriles is 1. The molecule has 2 heterocycles. The number of benzene rings is 2. The fourth-order valence-electron chi connectivity index (χ4n) is 3.93. The van der Waals surface area contributed by atoms with Crippen LogP contribution < -0.4 is 20.5 Å². The van der Waals surface area contributed by atoms with Crippen molar-refractivity contribution in [3.05, 3.63) is 65.1 Å². The number of anilines is 1. The van der Waals surface area contributed by atoms with E-state index in [0.29, 0.717) is 42.3 Å². The highest BCUT2D eigenvalue weighted by atomic mass is 19.1. The molecule has 0 atom stereocenters. The molecule has 176 valence electrons. The molecule has 0 fully saturated rings. The third kappa shape index (κ3) is 4.96. The smallest absolute Gasteiger partial charge is 0.257 e. The number of amides is 1. The van der Waals surface area contributed by atoms with Crippen molar-refractivity contribution in [2.45, 2.75) is 38.7 Å². The van der Waals surface area contributed by atoms with Gasteiger partial charge in [-0.1, -0.05) is 12.1 Å². The SMILES string of the molecule is CC1(C)Cc2cccc(OCC(=O)NCCCc3nn(-c4ccc(F)cc4)c(N)c3C#N)c2O1. The minimum absolute atomic E-state index is 0.129. The van der Waals surface area contributed by atoms with Crippen molar-refractivity contribution in [1.29, 1.82) is 5.26 Å². The number of nitrogens with zero attached hydrogens (tertiary/aromatic N) is 3. The Morgan fingerprint density at radius 3 is 2.82 bits per heavy atom. The van der Waals surface area contributed by atoms with Gasteiger partial charge >= 0.3 is 0 Å². The lowest BCUT2D eigenvalue weighted by molar-refractivity contribution is -0.123. The second-order valence-electron chi connectivity index (χ2n) is 8.73. The topological polar surface area (TPSA) is 115 Å². The van der Waals surface area contributed by atoms with E-state index in [1.165, 1.54) is 28.9 Å². The van der Waals surface area contributed by atoms with Crippen molar-refractivity contribution in [2.75, 3.05) is 18.9 Å². The van der Waals surface area contributed by atoms with Gasteiger partial charge < -0.3 is 20.5 Å². The highest BCUT2D eigenvalue weighted by Gasteiger charge is 2.32. The number of halogens is 1. The Balaban J connectivity index is 1.29. The summed E-state index contributed by atoms with van der Waals surface area (Å²) < 4.78 is 26.3. The zero-order valence-corrected chi connectivity index (χ0v) is 19.1. The van der Waals surface area contributed by atoms with Gasteiger partial charge in [-0.15, -0.1) is 0 Å². The van der Waals surface area contributed by atoms with Crippen molar-refractivity contribution in [3.8, 4) is 23.3 Å². The van der Waals surface area contributed by atoms with Gasteiger partial charge in [0.1, 0.15) is 28.9 Å². The third-order valence-corrected chi connectivity index (χ3v) is 5.50. The number of aromatic nitrogens is 2. The molecule has 4 rings (SSSR count). The van der Waals surface area contributed by atoms with Gasteiger partial charge in [-0.25, -0.2) is 9.07 Å². The molecule has 0 spiro atoms. The molecule has 3 aromatic rings. The molecular weight excluding hydrogens is 437 g/mol. The molecule has 0 aliphatic carbocycles. The van der Waals surface area contributed by atoms with Crippen LogP contribution >= 0.6 is 0 Å². The molecule has 1 aliphatic rings. The summed E-state index contributed by atoms with van der Waals surface area (Å²) in [7, 11) is 0. The average molecular weight is 464 g/mol. The van der Waals surface area contributed by atoms with Gasteiger partial charge in [0, 0.05) is 18.5 Å². The first-order valence-corrected chi connectivity index (χ1v) is 11.0. The van der Waals surface area contributed by atoms with Crippen LogP contribution in [-0.2, 0) is 17.6 Å². The third-order valence-electron chi connectivity index (χ3n) is 5.50.